The van der Waals surface area contributed by atoms with Crippen molar-refractivity contribution < 1.29 is 0 Å². The second-order valence-corrected chi connectivity index (χ2v) is 6.20. The minimum absolute atomic E-state index is 0.486. The zero-order valence-electron chi connectivity index (χ0n) is 13.1. The van der Waals surface area contributed by atoms with Crippen molar-refractivity contribution in [1.29, 1.82) is 0 Å². The number of para-hydroxylation sites is 1. The van der Waals surface area contributed by atoms with E-state index in [2.05, 4.69) is 42.7 Å². The van der Waals surface area contributed by atoms with Gasteiger partial charge in [-0.2, -0.15) is 0 Å². The summed E-state index contributed by atoms with van der Waals surface area (Å²) in [5.74, 6) is 0.486. The van der Waals surface area contributed by atoms with Gasteiger partial charge in [0.15, 0.2) is 5.11 Å². The molecular formula is C18H21ClN2S. The van der Waals surface area contributed by atoms with Crippen molar-refractivity contribution in [2.75, 3.05) is 10.6 Å². The molecule has 0 radical (unpaired) electrons. The minimum atomic E-state index is 0.486. The number of rotatable bonds is 4. The summed E-state index contributed by atoms with van der Waals surface area (Å²) in [5.41, 5.74) is 4.24. The fourth-order valence-electron chi connectivity index (χ4n) is 2.28. The Morgan fingerprint density at radius 2 is 1.73 bits per heavy atom. The van der Waals surface area contributed by atoms with Gasteiger partial charge < -0.3 is 10.6 Å². The molecule has 1 atom stereocenters. The highest BCUT2D eigenvalue weighted by Gasteiger charge is 2.10. The van der Waals surface area contributed by atoms with Crippen LogP contribution in [0.25, 0.3) is 0 Å². The molecule has 1 unspecified atom stereocenters. The molecule has 2 aromatic rings. The molecule has 0 saturated heterocycles. The first-order chi connectivity index (χ1) is 10.5. The molecule has 2 N–H and O–H groups in total. The Morgan fingerprint density at radius 1 is 1.09 bits per heavy atom. The summed E-state index contributed by atoms with van der Waals surface area (Å²) in [7, 11) is 0. The first-order valence-electron chi connectivity index (χ1n) is 7.45. The molecule has 0 spiro atoms. The molecule has 0 heterocycles. The number of hydrogen-bond donors (Lipinski definition) is 2. The maximum Gasteiger partial charge on any atom is 0.175 e. The molecule has 0 bridgehead atoms. The summed E-state index contributed by atoms with van der Waals surface area (Å²) in [6.07, 6.45) is 1.09. The second kappa shape index (κ2) is 7.61. The van der Waals surface area contributed by atoms with Crippen molar-refractivity contribution in [1.82, 2.24) is 0 Å². The Kier molecular flexibility index (Phi) is 5.81. The van der Waals surface area contributed by atoms with E-state index >= 15 is 0 Å². The third-order valence-corrected chi connectivity index (χ3v) is 4.48. The van der Waals surface area contributed by atoms with Crippen molar-refractivity contribution in [2.24, 2.45) is 0 Å². The molecule has 0 aromatic heterocycles. The molecular weight excluding hydrogens is 312 g/mol. The van der Waals surface area contributed by atoms with Crippen LogP contribution in [0.5, 0.6) is 0 Å². The average molecular weight is 333 g/mol. The van der Waals surface area contributed by atoms with E-state index in [1.54, 1.807) is 0 Å². The first-order valence-corrected chi connectivity index (χ1v) is 8.23. The maximum atomic E-state index is 6.14. The van der Waals surface area contributed by atoms with Gasteiger partial charge >= 0.3 is 0 Å². The monoisotopic (exact) mass is 332 g/mol. The number of hydrogen-bond acceptors (Lipinski definition) is 1. The standard InChI is InChI=1S/C18H21ClN2S/c1-4-12(2)14-8-5-6-10-17(14)21-18(22)20-16-11-7-9-15(19)13(16)3/h5-12H,4H2,1-3H3,(H2,20,21,22). The maximum absolute atomic E-state index is 6.14. The van der Waals surface area contributed by atoms with Crippen LogP contribution in [-0.2, 0) is 0 Å². The largest absolute Gasteiger partial charge is 0.332 e. The number of halogens is 1. The van der Waals surface area contributed by atoms with E-state index in [4.69, 9.17) is 23.8 Å². The zero-order valence-corrected chi connectivity index (χ0v) is 14.7. The quantitative estimate of drug-likeness (QED) is 0.674. The number of nitrogens with one attached hydrogen (secondary N) is 2. The summed E-state index contributed by atoms with van der Waals surface area (Å²) >= 11 is 11.6. The van der Waals surface area contributed by atoms with Gasteiger partial charge in [0.05, 0.1) is 0 Å². The molecule has 22 heavy (non-hydrogen) atoms. The molecule has 4 heteroatoms. The number of benzene rings is 2. The van der Waals surface area contributed by atoms with Crippen molar-refractivity contribution >= 4 is 40.3 Å². The van der Waals surface area contributed by atoms with Crippen LogP contribution in [0, 0.1) is 6.92 Å². The smallest absolute Gasteiger partial charge is 0.175 e. The minimum Gasteiger partial charge on any atom is -0.332 e. The van der Waals surface area contributed by atoms with E-state index < -0.39 is 0 Å². The molecule has 2 rings (SSSR count). The highest BCUT2D eigenvalue weighted by Crippen LogP contribution is 2.27. The topological polar surface area (TPSA) is 24.1 Å². The summed E-state index contributed by atoms with van der Waals surface area (Å²) < 4.78 is 0. The van der Waals surface area contributed by atoms with Gasteiger partial charge in [-0.05, 0) is 60.8 Å². The lowest BCUT2D eigenvalue weighted by atomic mass is 9.97. The molecule has 116 valence electrons. The third-order valence-electron chi connectivity index (χ3n) is 3.87. The van der Waals surface area contributed by atoms with Gasteiger partial charge in [-0.15, -0.1) is 0 Å². The average Bonchev–Trinajstić information content (AvgIpc) is 2.51. The van der Waals surface area contributed by atoms with Crippen molar-refractivity contribution in [3.05, 3.63) is 58.6 Å². The third kappa shape index (κ3) is 3.99. The van der Waals surface area contributed by atoms with E-state index in [1.165, 1.54) is 5.56 Å². The Hall–Kier alpha value is -1.58. The van der Waals surface area contributed by atoms with Gasteiger partial charge in [-0.25, -0.2) is 0 Å². The van der Waals surface area contributed by atoms with Crippen LogP contribution in [0.1, 0.15) is 37.3 Å². The highest BCUT2D eigenvalue weighted by atomic mass is 35.5. The van der Waals surface area contributed by atoms with Crippen LogP contribution in [-0.4, -0.2) is 5.11 Å². The van der Waals surface area contributed by atoms with Gasteiger partial charge in [0.2, 0.25) is 0 Å². The lowest BCUT2D eigenvalue weighted by molar-refractivity contribution is 0.736. The summed E-state index contributed by atoms with van der Waals surface area (Å²) in [6, 6.07) is 14.0. The highest BCUT2D eigenvalue weighted by molar-refractivity contribution is 7.80. The molecule has 0 fully saturated rings. The summed E-state index contributed by atoms with van der Waals surface area (Å²) in [6.45, 7) is 6.38. The fraction of sp³-hybridized carbons (Fsp3) is 0.278. The van der Waals surface area contributed by atoms with E-state index in [0.717, 1.165) is 28.4 Å². The van der Waals surface area contributed by atoms with E-state index in [1.807, 2.05) is 31.2 Å². The van der Waals surface area contributed by atoms with E-state index in [9.17, 15) is 0 Å². The molecule has 0 aliphatic carbocycles. The van der Waals surface area contributed by atoms with Crippen LogP contribution in [0.15, 0.2) is 42.5 Å². The number of thiocarbonyl (C=S) groups is 1. The van der Waals surface area contributed by atoms with E-state index in [-0.39, 0.29) is 0 Å². The number of anilines is 2. The Labute approximate surface area is 142 Å². The van der Waals surface area contributed by atoms with Gasteiger partial charge in [-0.3, -0.25) is 0 Å². The molecule has 2 nitrogen and oxygen atoms in total. The second-order valence-electron chi connectivity index (χ2n) is 5.39. The van der Waals surface area contributed by atoms with Crippen LogP contribution in [0.3, 0.4) is 0 Å². The summed E-state index contributed by atoms with van der Waals surface area (Å²) in [5, 5.41) is 7.82. The fourth-order valence-corrected chi connectivity index (χ4v) is 2.67. The lowest BCUT2D eigenvalue weighted by Gasteiger charge is -2.18. The SMILES string of the molecule is CCC(C)c1ccccc1NC(=S)Nc1cccc(Cl)c1C. The Morgan fingerprint density at radius 3 is 2.45 bits per heavy atom. The van der Waals surface area contributed by atoms with Crippen molar-refractivity contribution in [3.63, 3.8) is 0 Å². The van der Waals surface area contributed by atoms with Gasteiger partial charge in [-0.1, -0.05) is 49.7 Å². The normalized spacial score (nSPS) is 11.8. The van der Waals surface area contributed by atoms with Gasteiger partial charge in [0.1, 0.15) is 0 Å². The van der Waals surface area contributed by atoms with Crippen LogP contribution in [0.4, 0.5) is 11.4 Å². The van der Waals surface area contributed by atoms with Crippen LogP contribution < -0.4 is 10.6 Å². The van der Waals surface area contributed by atoms with Gasteiger partial charge in [0.25, 0.3) is 0 Å². The van der Waals surface area contributed by atoms with Crippen LogP contribution >= 0.6 is 23.8 Å². The zero-order chi connectivity index (χ0) is 16.1. The predicted molar refractivity (Wildman–Crippen MR) is 101 cm³/mol. The van der Waals surface area contributed by atoms with Crippen LogP contribution in [0.2, 0.25) is 5.02 Å². The van der Waals surface area contributed by atoms with Gasteiger partial charge in [0, 0.05) is 16.4 Å². The molecule has 2 aromatic carbocycles. The molecule has 0 saturated carbocycles. The predicted octanol–water partition coefficient (Wildman–Crippen LogP) is 5.97. The first kappa shape index (κ1) is 16.8. The van der Waals surface area contributed by atoms with Crippen molar-refractivity contribution in [3.8, 4) is 0 Å². The molecule has 0 aliphatic heterocycles. The van der Waals surface area contributed by atoms with Crippen molar-refractivity contribution in [2.45, 2.75) is 33.1 Å². The summed E-state index contributed by atoms with van der Waals surface area (Å²) in [4.78, 5) is 0. The molecule has 0 aliphatic rings. The lowest BCUT2D eigenvalue weighted by Crippen LogP contribution is -2.20. The Balaban J connectivity index is 2.14. The molecule has 0 amide bonds. The van der Waals surface area contributed by atoms with E-state index in [0.29, 0.717) is 11.0 Å². The Bertz CT molecular complexity index is 670.